The fourth-order valence-corrected chi connectivity index (χ4v) is 4.20. The molecule has 0 bridgehead atoms. The molecule has 2 aromatic carbocycles. The minimum Gasteiger partial charge on any atom is -0.348 e. The van der Waals surface area contributed by atoms with E-state index in [9.17, 15) is 30.8 Å². The number of aromatic nitrogens is 1. The van der Waals surface area contributed by atoms with Crippen molar-refractivity contribution in [2.24, 2.45) is 0 Å². The third kappa shape index (κ3) is 5.13. The Kier molecular flexibility index (Phi) is 6.08. The van der Waals surface area contributed by atoms with Crippen LogP contribution in [0.1, 0.15) is 21.5 Å². The number of rotatable bonds is 6. The first-order chi connectivity index (χ1) is 14.1. The molecule has 1 aromatic heterocycles. The molecule has 3 rings (SSSR count). The Hall–Kier alpha value is -2.99. The number of halogens is 4. The fourth-order valence-electron chi connectivity index (χ4n) is 2.42. The zero-order chi connectivity index (χ0) is 21.9. The number of nitrogens with one attached hydrogen (secondary N) is 2. The minimum absolute atomic E-state index is 0.0842. The van der Waals surface area contributed by atoms with E-state index in [-0.39, 0.29) is 27.7 Å². The van der Waals surface area contributed by atoms with E-state index in [1.54, 1.807) is 5.38 Å². The van der Waals surface area contributed by atoms with Crippen LogP contribution in [0.2, 0.25) is 0 Å². The predicted molar refractivity (Wildman–Crippen MR) is 102 cm³/mol. The number of amides is 1. The number of sulfonamides is 1. The van der Waals surface area contributed by atoms with Gasteiger partial charge in [-0.15, -0.1) is 11.3 Å². The van der Waals surface area contributed by atoms with Crippen LogP contribution in [-0.2, 0) is 22.7 Å². The van der Waals surface area contributed by atoms with Crippen molar-refractivity contribution in [2.75, 3.05) is 4.72 Å². The van der Waals surface area contributed by atoms with Gasteiger partial charge in [-0.1, -0.05) is 6.07 Å². The summed E-state index contributed by atoms with van der Waals surface area (Å²) in [6.45, 7) is -0.209. The maximum atomic E-state index is 13.6. The molecule has 6 nitrogen and oxygen atoms in total. The molecular formula is C18H13F4N3O3S2. The van der Waals surface area contributed by atoms with E-state index in [1.165, 1.54) is 30.5 Å². The Morgan fingerprint density at radius 1 is 1.10 bits per heavy atom. The van der Waals surface area contributed by atoms with Gasteiger partial charge in [0.2, 0.25) is 0 Å². The van der Waals surface area contributed by atoms with Crippen molar-refractivity contribution < 1.29 is 30.8 Å². The molecule has 0 spiro atoms. The van der Waals surface area contributed by atoms with E-state index in [4.69, 9.17) is 0 Å². The first kappa shape index (κ1) is 21.7. The Balaban J connectivity index is 1.64. The highest BCUT2D eigenvalue weighted by atomic mass is 32.2. The van der Waals surface area contributed by atoms with Gasteiger partial charge in [0.1, 0.15) is 5.82 Å². The molecule has 3 aromatic rings. The van der Waals surface area contributed by atoms with E-state index >= 15 is 0 Å². The van der Waals surface area contributed by atoms with Gasteiger partial charge in [0, 0.05) is 23.7 Å². The molecule has 158 valence electrons. The van der Waals surface area contributed by atoms with Crippen molar-refractivity contribution in [1.82, 2.24) is 10.3 Å². The zero-order valence-electron chi connectivity index (χ0n) is 14.9. The highest BCUT2D eigenvalue weighted by Crippen LogP contribution is 2.31. The van der Waals surface area contributed by atoms with Crippen molar-refractivity contribution in [3.63, 3.8) is 0 Å². The number of nitrogens with zero attached hydrogens (tertiary/aromatic N) is 1. The van der Waals surface area contributed by atoms with Gasteiger partial charge >= 0.3 is 6.18 Å². The molecule has 0 aliphatic carbocycles. The molecule has 1 heterocycles. The average Bonchev–Trinajstić information content (AvgIpc) is 3.17. The number of hydrogen-bond donors (Lipinski definition) is 2. The summed E-state index contributed by atoms with van der Waals surface area (Å²) in [5.74, 6) is -2.04. The van der Waals surface area contributed by atoms with Crippen LogP contribution >= 0.6 is 11.3 Å². The van der Waals surface area contributed by atoms with E-state index in [1.807, 2.05) is 0 Å². The Morgan fingerprint density at radius 2 is 1.80 bits per heavy atom. The highest BCUT2D eigenvalue weighted by Gasteiger charge is 2.33. The van der Waals surface area contributed by atoms with E-state index in [2.05, 4.69) is 15.0 Å². The lowest BCUT2D eigenvalue weighted by Gasteiger charge is -2.10. The molecule has 0 unspecified atom stereocenters. The van der Waals surface area contributed by atoms with Gasteiger partial charge in [0.05, 0.1) is 10.5 Å². The van der Waals surface area contributed by atoms with E-state index < -0.39 is 33.5 Å². The molecule has 0 atom stereocenters. The number of hydrogen-bond acceptors (Lipinski definition) is 5. The van der Waals surface area contributed by atoms with Crippen molar-refractivity contribution in [3.8, 4) is 0 Å². The van der Waals surface area contributed by atoms with Gasteiger partial charge < -0.3 is 5.32 Å². The first-order valence-electron chi connectivity index (χ1n) is 8.22. The smallest absolute Gasteiger partial charge is 0.348 e. The molecule has 2 N–H and O–H groups in total. The normalized spacial score (nSPS) is 11.9. The van der Waals surface area contributed by atoms with Gasteiger partial charge in [0.25, 0.3) is 15.9 Å². The number of anilines is 1. The van der Waals surface area contributed by atoms with Crippen LogP contribution in [0.15, 0.2) is 58.9 Å². The Labute approximate surface area is 172 Å². The van der Waals surface area contributed by atoms with Crippen molar-refractivity contribution >= 4 is 32.4 Å². The third-order valence-electron chi connectivity index (χ3n) is 3.87. The van der Waals surface area contributed by atoms with Crippen molar-refractivity contribution in [3.05, 3.63) is 76.5 Å². The fraction of sp³-hybridized carbons (Fsp3) is 0.111. The molecule has 1 amide bonds. The number of carbonyl (C=O) groups is 1. The van der Waals surface area contributed by atoms with Crippen LogP contribution in [0.3, 0.4) is 0 Å². The molecular weight excluding hydrogens is 446 g/mol. The zero-order valence-corrected chi connectivity index (χ0v) is 16.5. The first-order valence-corrected chi connectivity index (χ1v) is 10.6. The van der Waals surface area contributed by atoms with Crippen LogP contribution in [0.4, 0.5) is 22.7 Å². The van der Waals surface area contributed by atoms with Crippen molar-refractivity contribution in [2.45, 2.75) is 17.6 Å². The molecule has 0 saturated carbocycles. The highest BCUT2D eigenvalue weighted by molar-refractivity contribution is 7.93. The summed E-state index contributed by atoms with van der Waals surface area (Å²) < 4.78 is 78.1. The monoisotopic (exact) mass is 459 g/mol. The molecule has 0 radical (unpaired) electrons. The quantitative estimate of drug-likeness (QED) is 0.545. The van der Waals surface area contributed by atoms with Crippen LogP contribution < -0.4 is 10.0 Å². The predicted octanol–water partition coefficient (Wildman–Crippen LogP) is 4.03. The summed E-state index contributed by atoms with van der Waals surface area (Å²) in [5.41, 5.74) is -1.13. The summed E-state index contributed by atoms with van der Waals surface area (Å²) in [5, 5.41) is 4.23. The molecule has 0 fully saturated rings. The molecule has 0 saturated heterocycles. The largest absolute Gasteiger partial charge is 0.419 e. The van der Waals surface area contributed by atoms with Crippen molar-refractivity contribution in [1.29, 1.82) is 0 Å². The SMILES string of the molecule is O=C(NCc1ccc(C(F)(F)F)c(F)c1)c1ccc(S(=O)(=O)Nc2nccs2)cc1. The molecule has 0 aliphatic rings. The average molecular weight is 459 g/mol. The van der Waals surface area contributed by atoms with Gasteiger partial charge in [-0.2, -0.15) is 13.2 Å². The molecule has 30 heavy (non-hydrogen) atoms. The Bertz CT molecular complexity index is 1150. The number of alkyl halides is 3. The molecule has 12 heteroatoms. The lowest BCUT2D eigenvalue weighted by atomic mass is 10.1. The minimum atomic E-state index is -4.80. The topological polar surface area (TPSA) is 88.2 Å². The van der Waals surface area contributed by atoms with E-state index in [0.29, 0.717) is 12.1 Å². The maximum Gasteiger partial charge on any atom is 0.419 e. The summed E-state index contributed by atoms with van der Waals surface area (Å²) >= 11 is 1.11. The lowest BCUT2D eigenvalue weighted by molar-refractivity contribution is -0.140. The molecule has 0 aliphatic heterocycles. The van der Waals surface area contributed by atoms with Crippen LogP contribution in [0.5, 0.6) is 0 Å². The second-order valence-corrected chi connectivity index (χ2v) is 8.54. The summed E-state index contributed by atoms with van der Waals surface area (Å²) in [6.07, 6.45) is -3.36. The van der Waals surface area contributed by atoms with Crippen LogP contribution in [0.25, 0.3) is 0 Å². The summed E-state index contributed by atoms with van der Waals surface area (Å²) in [7, 11) is -3.87. The van der Waals surface area contributed by atoms with Gasteiger partial charge in [-0.3, -0.25) is 9.52 Å². The van der Waals surface area contributed by atoms with Gasteiger partial charge in [0.15, 0.2) is 5.13 Å². The summed E-state index contributed by atoms with van der Waals surface area (Å²) in [4.78, 5) is 15.9. The Morgan fingerprint density at radius 3 is 2.37 bits per heavy atom. The second kappa shape index (κ2) is 8.40. The number of thiazole rings is 1. The van der Waals surface area contributed by atoms with Crippen LogP contribution in [0, 0.1) is 5.82 Å². The number of benzene rings is 2. The van der Waals surface area contributed by atoms with Gasteiger partial charge in [-0.05, 0) is 42.0 Å². The second-order valence-electron chi connectivity index (χ2n) is 5.96. The third-order valence-corrected chi connectivity index (χ3v) is 6.05. The van der Waals surface area contributed by atoms with Crippen LogP contribution in [-0.4, -0.2) is 19.3 Å². The van der Waals surface area contributed by atoms with E-state index in [0.717, 1.165) is 17.4 Å². The maximum absolute atomic E-state index is 13.6. The number of carbonyl (C=O) groups excluding carboxylic acids is 1. The lowest BCUT2D eigenvalue weighted by Crippen LogP contribution is -2.23. The van der Waals surface area contributed by atoms with Gasteiger partial charge in [-0.25, -0.2) is 17.8 Å². The standard InChI is InChI=1S/C18H13F4N3O3S2/c19-15-9-11(1-6-14(15)18(20,21)22)10-24-16(26)12-2-4-13(5-3-12)30(27,28)25-17-23-7-8-29-17/h1-9H,10H2,(H,23,25)(H,24,26). The summed E-state index contributed by atoms with van der Waals surface area (Å²) in [6, 6.07) is 7.37.